The van der Waals surface area contributed by atoms with Crippen molar-refractivity contribution in [1.82, 2.24) is 10.2 Å². The van der Waals surface area contributed by atoms with E-state index in [0.717, 1.165) is 21.9 Å². The fourth-order valence-electron chi connectivity index (χ4n) is 4.03. The highest BCUT2D eigenvalue weighted by atomic mass is 35.5. The second kappa shape index (κ2) is 12.9. The molecule has 0 radical (unpaired) electrons. The van der Waals surface area contributed by atoms with Gasteiger partial charge in [0.25, 0.3) is 10.0 Å². The fraction of sp³-hybridized carbons (Fsp3) is 0.310. The monoisotopic (exact) mass is 555 g/mol. The Kier molecular flexibility index (Phi) is 9.94. The third-order valence-electron chi connectivity index (χ3n) is 6.47. The minimum absolute atomic E-state index is 0.0469. The number of carbonyl (C=O) groups excluding carboxylic acids is 2. The first-order chi connectivity index (χ1) is 18.1. The van der Waals surface area contributed by atoms with Crippen LogP contribution in [0.3, 0.4) is 0 Å². The number of sulfonamides is 1. The van der Waals surface area contributed by atoms with Crippen LogP contribution in [0.1, 0.15) is 37.0 Å². The number of hydrogen-bond acceptors (Lipinski definition) is 4. The van der Waals surface area contributed by atoms with E-state index in [2.05, 4.69) is 5.32 Å². The van der Waals surface area contributed by atoms with E-state index in [0.29, 0.717) is 22.8 Å². The van der Waals surface area contributed by atoms with Crippen molar-refractivity contribution >= 4 is 39.1 Å². The third kappa shape index (κ3) is 6.74. The highest BCUT2D eigenvalue weighted by Gasteiger charge is 2.33. The van der Waals surface area contributed by atoms with Crippen molar-refractivity contribution in [3.8, 4) is 0 Å². The topological polar surface area (TPSA) is 86.8 Å². The van der Waals surface area contributed by atoms with Gasteiger partial charge in [0.1, 0.15) is 12.6 Å². The van der Waals surface area contributed by atoms with Gasteiger partial charge in [0.2, 0.25) is 11.8 Å². The molecule has 38 heavy (non-hydrogen) atoms. The summed E-state index contributed by atoms with van der Waals surface area (Å²) >= 11 is 6.39. The summed E-state index contributed by atoms with van der Waals surface area (Å²) in [6.07, 6.45) is 0.743. The quantitative estimate of drug-likeness (QED) is 0.357. The number of benzene rings is 3. The number of hydrogen-bond donors (Lipinski definition) is 1. The van der Waals surface area contributed by atoms with E-state index in [1.165, 1.54) is 17.0 Å². The molecule has 3 rings (SSSR count). The van der Waals surface area contributed by atoms with Crippen LogP contribution >= 0.6 is 11.6 Å². The van der Waals surface area contributed by atoms with Crippen molar-refractivity contribution in [3.05, 3.63) is 94.5 Å². The third-order valence-corrected chi connectivity index (χ3v) is 8.61. The lowest BCUT2D eigenvalue weighted by molar-refractivity contribution is -0.139. The molecule has 0 aliphatic carbocycles. The van der Waals surface area contributed by atoms with E-state index in [4.69, 9.17) is 11.6 Å². The number of nitrogens with zero attached hydrogens (tertiary/aromatic N) is 2. The number of aryl methyl sites for hydroxylation is 1. The van der Waals surface area contributed by atoms with Crippen LogP contribution in [-0.2, 0) is 26.2 Å². The Morgan fingerprint density at radius 2 is 1.61 bits per heavy atom. The zero-order chi connectivity index (χ0) is 27.9. The Morgan fingerprint density at radius 1 is 0.947 bits per heavy atom. The number of carbonyl (C=O) groups is 2. The highest BCUT2D eigenvalue weighted by Crippen LogP contribution is 2.29. The lowest BCUT2D eigenvalue weighted by Crippen LogP contribution is -2.51. The molecule has 2 amide bonds. The van der Waals surface area contributed by atoms with Gasteiger partial charge in [0.15, 0.2) is 0 Å². The van der Waals surface area contributed by atoms with Gasteiger partial charge < -0.3 is 10.2 Å². The molecule has 1 unspecified atom stereocenters. The molecule has 9 heteroatoms. The summed E-state index contributed by atoms with van der Waals surface area (Å²) < 4.78 is 28.9. The van der Waals surface area contributed by atoms with Crippen LogP contribution in [0, 0.1) is 13.8 Å². The SMILES string of the molecule is CCCNC(=O)C(C)N(Cc1ccccc1Cl)C(=O)CN(c1cccc(C)c1C)S(=O)(=O)c1ccccc1. The van der Waals surface area contributed by atoms with Crippen LogP contribution in [0.4, 0.5) is 5.69 Å². The smallest absolute Gasteiger partial charge is 0.264 e. The van der Waals surface area contributed by atoms with E-state index >= 15 is 0 Å². The number of rotatable bonds is 11. The summed E-state index contributed by atoms with van der Waals surface area (Å²) in [5.41, 5.74) is 2.69. The van der Waals surface area contributed by atoms with Crippen LogP contribution in [0.25, 0.3) is 0 Å². The van der Waals surface area contributed by atoms with Crippen molar-refractivity contribution in [1.29, 1.82) is 0 Å². The molecule has 202 valence electrons. The molecule has 3 aromatic carbocycles. The van der Waals surface area contributed by atoms with Gasteiger partial charge in [-0.3, -0.25) is 13.9 Å². The minimum atomic E-state index is -4.10. The standard InChI is InChI=1S/C29H34ClN3O4S/c1-5-18-31-29(35)23(4)32(19-24-13-9-10-16-26(24)30)28(34)20-33(27-17-11-12-21(2)22(27)3)38(36,37)25-14-7-6-8-15-25/h6-17,23H,5,18-20H2,1-4H3,(H,31,35). The average Bonchev–Trinajstić information content (AvgIpc) is 2.91. The first kappa shape index (κ1) is 29.2. The van der Waals surface area contributed by atoms with E-state index in [-0.39, 0.29) is 17.3 Å². The molecule has 1 N–H and O–H groups in total. The van der Waals surface area contributed by atoms with E-state index in [9.17, 15) is 18.0 Å². The second-order valence-corrected chi connectivity index (χ2v) is 11.4. The van der Waals surface area contributed by atoms with Crippen molar-refractivity contribution in [2.45, 2.75) is 51.6 Å². The normalized spacial score (nSPS) is 12.0. The molecule has 1 atom stereocenters. The average molecular weight is 556 g/mol. The summed E-state index contributed by atoms with van der Waals surface area (Å²) in [6.45, 7) is 7.31. The maximum Gasteiger partial charge on any atom is 0.264 e. The van der Waals surface area contributed by atoms with Crippen molar-refractivity contribution in [3.63, 3.8) is 0 Å². The summed E-state index contributed by atoms with van der Waals surface area (Å²) in [4.78, 5) is 28.3. The summed E-state index contributed by atoms with van der Waals surface area (Å²) in [5, 5.41) is 3.28. The predicted octanol–water partition coefficient (Wildman–Crippen LogP) is 5.10. The zero-order valence-corrected chi connectivity index (χ0v) is 23.7. The molecular weight excluding hydrogens is 522 g/mol. The first-order valence-corrected chi connectivity index (χ1v) is 14.3. The Morgan fingerprint density at radius 3 is 2.26 bits per heavy atom. The lowest BCUT2D eigenvalue weighted by atomic mass is 10.1. The van der Waals surface area contributed by atoms with Crippen molar-refractivity contribution in [2.24, 2.45) is 0 Å². The van der Waals surface area contributed by atoms with Crippen LogP contribution in [-0.4, -0.2) is 44.3 Å². The lowest BCUT2D eigenvalue weighted by Gasteiger charge is -2.32. The molecule has 7 nitrogen and oxygen atoms in total. The largest absolute Gasteiger partial charge is 0.354 e. The second-order valence-electron chi connectivity index (χ2n) is 9.12. The van der Waals surface area contributed by atoms with Crippen LogP contribution in [0.15, 0.2) is 77.7 Å². The van der Waals surface area contributed by atoms with Gasteiger partial charge in [-0.2, -0.15) is 0 Å². The van der Waals surface area contributed by atoms with Gasteiger partial charge in [-0.25, -0.2) is 8.42 Å². The van der Waals surface area contributed by atoms with Gasteiger partial charge in [-0.15, -0.1) is 0 Å². The maximum atomic E-state index is 13.9. The minimum Gasteiger partial charge on any atom is -0.354 e. The van der Waals surface area contributed by atoms with Crippen LogP contribution in [0.2, 0.25) is 5.02 Å². The van der Waals surface area contributed by atoms with E-state index < -0.39 is 28.5 Å². The molecule has 3 aromatic rings. The fourth-order valence-corrected chi connectivity index (χ4v) is 5.72. The predicted molar refractivity (Wildman–Crippen MR) is 152 cm³/mol. The summed E-state index contributed by atoms with van der Waals surface area (Å²) in [7, 11) is -4.10. The Hall–Kier alpha value is -3.36. The molecule has 0 aliphatic rings. The maximum absolute atomic E-state index is 13.9. The summed E-state index contributed by atoms with van der Waals surface area (Å²) in [6, 6.07) is 19.6. The molecule has 0 saturated carbocycles. The van der Waals surface area contributed by atoms with Crippen molar-refractivity contribution in [2.75, 3.05) is 17.4 Å². The molecule has 0 bridgehead atoms. The number of nitrogens with one attached hydrogen (secondary N) is 1. The molecule has 0 aromatic heterocycles. The van der Waals surface area contributed by atoms with Gasteiger partial charge in [-0.1, -0.05) is 67.1 Å². The Bertz CT molecular complexity index is 1380. The number of amides is 2. The molecule has 0 fully saturated rings. The van der Waals surface area contributed by atoms with Gasteiger partial charge in [-0.05, 0) is 68.1 Å². The highest BCUT2D eigenvalue weighted by molar-refractivity contribution is 7.92. The molecule has 0 aliphatic heterocycles. The number of anilines is 1. The van der Waals surface area contributed by atoms with E-state index in [1.54, 1.807) is 61.5 Å². The molecule has 0 saturated heterocycles. The van der Waals surface area contributed by atoms with Gasteiger partial charge in [0, 0.05) is 18.1 Å². The molecule has 0 heterocycles. The van der Waals surface area contributed by atoms with E-state index in [1.807, 2.05) is 26.8 Å². The van der Waals surface area contributed by atoms with Gasteiger partial charge in [0.05, 0.1) is 10.6 Å². The molecule has 0 spiro atoms. The molecular formula is C29H34ClN3O4S. The zero-order valence-electron chi connectivity index (χ0n) is 22.1. The number of halogens is 1. The first-order valence-electron chi connectivity index (χ1n) is 12.5. The summed E-state index contributed by atoms with van der Waals surface area (Å²) in [5.74, 6) is -0.846. The Labute approximate surface area is 230 Å². The van der Waals surface area contributed by atoms with Crippen molar-refractivity contribution < 1.29 is 18.0 Å². The van der Waals surface area contributed by atoms with Gasteiger partial charge >= 0.3 is 0 Å². The Balaban J connectivity index is 2.06. The van der Waals surface area contributed by atoms with Crippen LogP contribution < -0.4 is 9.62 Å². The van der Waals surface area contributed by atoms with Crippen LogP contribution in [0.5, 0.6) is 0 Å².